The van der Waals surface area contributed by atoms with E-state index in [4.69, 9.17) is 17.0 Å². The molecule has 1 atom stereocenters. The molecule has 1 aromatic rings. The van der Waals surface area contributed by atoms with E-state index >= 15 is 0 Å². The minimum absolute atomic E-state index is 0.184. The molecular weight excluding hydrogens is 352 g/mol. The van der Waals surface area contributed by atoms with Crippen molar-refractivity contribution >= 4 is 41.0 Å². The molecule has 2 fully saturated rings. The van der Waals surface area contributed by atoms with Gasteiger partial charge in [0.25, 0.3) is 5.91 Å². The van der Waals surface area contributed by atoms with Crippen LogP contribution in [-0.4, -0.2) is 79.4 Å². The number of hydrogen-bond acceptors (Lipinski definition) is 6. The molecule has 0 unspecified atom stereocenters. The van der Waals surface area contributed by atoms with Gasteiger partial charge in [-0.2, -0.15) is 0 Å². The van der Waals surface area contributed by atoms with Gasteiger partial charge in [-0.1, -0.05) is 18.2 Å². The molecule has 0 saturated carbocycles. The van der Waals surface area contributed by atoms with Gasteiger partial charge in [0, 0.05) is 32.9 Å². The van der Waals surface area contributed by atoms with Gasteiger partial charge in [-0.25, -0.2) is 0 Å². The number of benzene rings is 1. The highest BCUT2D eigenvalue weighted by Gasteiger charge is 2.41. The van der Waals surface area contributed by atoms with Crippen LogP contribution in [0.15, 0.2) is 35.3 Å². The molecule has 2 heterocycles. The number of nitrogens with zero attached hydrogens (tertiary/aromatic N) is 4. The van der Waals surface area contributed by atoms with E-state index in [-0.39, 0.29) is 16.9 Å². The maximum atomic E-state index is 12.9. The number of para-hydroxylation sites is 1. The summed E-state index contributed by atoms with van der Waals surface area (Å²) in [4.78, 5) is 34.7. The average Bonchev–Trinajstić information content (AvgIpc) is 2.67. The van der Waals surface area contributed by atoms with Gasteiger partial charge in [0.15, 0.2) is 11.0 Å². The number of ether oxygens (including phenoxy) is 1. The van der Waals surface area contributed by atoms with Crippen molar-refractivity contribution in [2.24, 2.45) is 10.9 Å². The number of carbonyl (C=O) groups excluding carboxylic acids is 2. The lowest BCUT2D eigenvalue weighted by Gasteiger charge is -2.36. The number of thiocarbonyl (C=S) groups is 1. The first kappa shape index (κ1) is 18.6. The molecule has 1 aromatic carbocycles. The molecule has 138 valence electrons. The van der Waals surface area contributed by atoms with E-state index in [2.05, 4.69) is 9.89 Å². The first-order chi connectivity index (χ1) is 12.6. The maximum Gasteiger partial charge on any atom is 0.251 e. The van der Waals surface area contributed by atoms with E-state index in [1.807, 2.05) is 18.2 Å². The Morgan fingerprint density at radius 1 is 1.19 bits per heavy atom. The zero-order valence-electron chi connectivity index (χ0n) is 14.7. The fourth-order valence-corrected chi connectivity index (χ4v) is 3.22. The van der Waals surface area contributed by atoms with Gasteiger partial charge >= 0.3 is 0 Å². The van der Waals surface area contributed by atoms with E-state index in [0.717, 1.165) is 32.8 Å². The zero-order valence-corrected chi connectivity index (χ0v) is 15.5. The topological polar surface area (TPSA) is 65.5 Å². The third kappa shape index (κ3) is 3.98. The molecular formula is C18H22N4O3S. The molecule has 3 rings (SSSR count). The number of morpholine rings is 1. The highest BCUT2D eigenvalue weighted by molar-refractivity contribution is 7.80. The Bertz CT molecular complexity index is 704. The Labute approximate surface area is 158 Å². The third-order valence-electron chi connectivity index (χ3n) is 4.48. The summed E-state index contributed by atoms with van der Waals surface area (Å²) in [6.45, 7) is 4.56. The second-order valence-electron chi connectivity index (χ2n) is 6.18. The normalized spacial score (nSPS) is 22.5. The summed E-state index contributed by atoms with van der Waals surface area (Å²) in [6.07, 6.45) is 1.46. The van der Waals surface area contributed by atoms with Crippen LogP contribution in [0.25, 0.3) is 0 Å². The summed E-state index contributed by atoms with van der Waals surface area (Å²) >= 11 is 5.31. The number of hydrogen-bond donors (Lipinski definition) is 0. The van der Waals surface area contributed by atoms with Crippen molar-refractivity contribution in [1.29, 1.82) is 0 Å². The van der Waals surface area contributed by atoms with Gasteiger partial charge in [-0.3, -0.25) is 29.3 Å². The Morgan fingerprint density at radius 2 is 1.88 bits per heavy atom. The van der Waals surface area contributed by atoms with E-state index < -0.39 is 5.92 Å². The van der Waals surface area contributed by atoms with E-state index in [1.54, 1.807) is 19.2 Å². The molecule has 0 radical (unpaired) electrons. The number of rotatable bonds is 5. The van der Waals surface area contributed by atoms with Crippen LogP contribution in [-0.2, 0) is 14.3 Å². The molecule has 0 aromatic heterocycles. The Balaban J connectivity index is 1.69. The molecule has 2 aliphatic rings. The van der Waals surface area contributed by atoms with Crippen molar-refractivity contribution < 1.29 is 14.3 Å². The second-order valence-corrected chi connectivity index (χ2v) is 6.54. The van der Waals surface area contributed by atoms with Crippen molar-refractivity contribution in [3.8, 4) is 0 Å². The standard InChI is InChI=1S/C18H22N4O3S/c1-20-16(23)15(13-19-7-8-21-9-11-25-12-10-21)17(24)22(18(20)26)14-5-3-2-4-6-14/h2-6,13,15H,7-12H2,1H3/t15-/m1/s1. The number of amides is 2. The largest absolute Gasteiger partial charge is 0.379 e. The Kier molecular flexibility index (Phi) is 6.08. The summed E-state index contributed by atoms with van der Waals surface area (Å²) in [7, 11) is 1.58. The number of anilines is 1. The molecule has 0 N–H and O–H groups in total. The van der Waals surface area contributed by atoms with Gasteiger partial charge in [0.1, 0.15) is 0 Å². The van der Waals surface area contributed by atoms with Crippen LogP contribution in [0.4, 0.5) is 5.69 Å². The molecule has 8 heteroatoms. The van der Waals surface area contributed by atoms with Crippen molar-refractivity contribution in [1.82, 2.24) is 9.80 Å². The fraction of sp³-hybridized carbons (Fsp3) is 0.444. The lowest BCUT2D eigenvalue weighted by Crippen LogP contribution is -2.59. The van der Waals surface area contributed by atoms with Crippen LogP contribution in [0.1, 0.15) is 0 Å². The average molecular weight is 374 g/mol. The van der Waals surface area contributed by atoms with Crippen molar-refractivity contribution in [2.75, 3.05) is 51.3 Å². The van der Waals surface area contributed by atoms with Crippen LogP contribution in [0, 0.1) is 5.92 Å². The van der Waals surface area contributed by atoms with Crippen LogP contribution >= 0.6 is 12.2 Å². The van der Waals surface area contributed by atoms with Crippen LogP contribution < -0.4 is 4.90 Å². The summed E-state index contributed by atoms with van der Waals surface area (Å²) in [5, 5.41) is 0.184. The maximum absolute atomic E-state index is 12.9. The van der Waals surface area contributed by atoms with E-state index in [0.29, 0.717) is 12.2 Å². The summed E-state index contributed by atoms with van der Waals surface area (Å²) < 4.78 is 5.31. The second kappa shape index (κ2) is 8.48. The Morgan fingerprint density at radius 3 is 2.58 bits per heavy atom. The van der Waals surface area contributed by atoms with E-state index in [9.17, 15) is 9.59 Å². The monoisotopic (exact) mass is 374 g/mol. The molecule has 0 aliphatic carbocycles. The van der Waals surface area contributed by atoms with Crippen molar-refractivity contribution in [2.45, 2.75) is 0 Å². The Hall–Kier alpha value is -2.16. The lowest BCUT2D eigenvalue weighted by atomic mass is 10.0. The summed E-state index contributed by atoms with van der Waals surface area (Å²) in [6, 6.07) is 9.10. The first-order valence-electron chi connectivity index (χ1n) is 8.60. The minimum atomic E-state index is -0.948. The highest BCUT2D eigenvalue weighted by Crippen LogP contribution is 2.23. The predicted octanol–water partition coefficient (Wildman–Crippen LogP) is 0.796. The molecule has 2 amide bonds. The van der Waals surface area contributed by atoms with Crippen LogP contribution in [0.2, 0.25) is 0 Å². The highest BCUT2D eigenvalue weighted by atomic mass is 32.1. The van der Waals surface area contributed by atoms with E-state index in [1.165, 1.54) is 16.0 Å². The molecule has 7 nitrogen and oxygen atoms in total. The lowest BCUT2D eigenvalue weighted by molar-refractivity contribution is -0.135. The minimum Gasteiger partial charge on any atom is -0.379 e. The summed E-state index contributed by atoms with van der Waals surface area (Å²) in [5.41, 5.74) is 0.647. The molecule has 0 bridgehead atoms. The van der Waals surface area contributed by atoms with Crippen molar-refractivity contribution in [3.63, 3.8) is 0 Å². The number of aliphatic imine (C=N–C) groups is 1. The predicted molar refractivity (Wildman–Crippen MR) is 103 cm³/mol. The van der Waals surface area contributed by atoms with Crippen LogP contribution in [0.3, 0.4) is 0 Å². The molecule has 2 saturated heterocycles. The third-order valence-corrected chi connectivity index (χ3v) is 4.94. The van der Waals surface area contributed by atoms with Gasteiger partial charge in [0.05, 0.1) is 25.4 Å². The van der Waals surface area contributed by atoms with Gasteiger partial charge < -0.3 is 4.74 Å². The van der Waals surface area contributed by atoms with Crippen molar-refractivity contribution in [3.05, 3.63) is 30.3 Å². The molecule has 0 spiro atoms. The molecule has 26 heavy (non-hydrogen) atoms. The first-order valence-corrected chi connectivity index (χ1v) is 9.01. The van der Waals surface area contributed by atoms with Crippen LogP contribution in [0.5, 0.6) is 0 Å². The molecule has 2 aliphatic heterocycles. The van der Waals surface area contributed by atoms with Gasteiger partial charge in [-0.05, 0) is 24.4 Å². The number of carbonyl (C=O) groups is 2. The van der Waals surface area contributed by atoms with Gasteiger partial charge in [0.2, 0.25) is 5.91 Å². The fourth-order valence-electron chi connectivity index (χ4n) is 2.94. The zero-order chi connectivity index (χ0) is 18.5. The van der Waals surface area contributed by atoms with Gasteiger partial charge in [-0.15, -0.1) is 0 Å². The quantitative estimate of drug-likeness (QED) is 0.433. The summed E-state index contributed by atoms with van der Waals surface area (Å²) in [5.74, 6) is -1.65. The smallest absolute Gasteiger partial charge is 0.251 e. The SMILES string of the molecule is CN1C(=O)[C@@H](C=NCCN2CCOCC2)C(=O)N(c2ccccc2)C1=S.